The number of para-hydroxylation sites is 1. The fourth-order valence-corrected chi connectivity index (χ4v) is 3.48. The molecule has 0 aromatic heterocycles. The van der Waals surface area contributed by atoms with Gasteiger partial charge in [-0.05, 0) is 35.1 Å². The van der Waals surface area contributed by atoms with Gasteiger partial charge in [0.1, 0.15) is 18.4 Å². The molecule has 0 spiro atoms. The summed E-state index contributed by atoms with van der Waals surface area (Å²) in [5, 5.41) is 13.6. The van der Waals surface area contributed by atoms with Crippen LogP contribution in [0.25, 0.3) is 0 Å². The molecule has 0 aliphatic heterocycles. The third-order valence-electron chi connectivity index (χ3n) is 5.54. The van der Waals surface area contributed by atoms with Crippen LogP contribution in [-0.4, -0.2) is 18.8 Å². The molecule has 174 valence electrons. The lowest BCUT2D eigenvalue weighted by atomic mass is 9.99. The zero-order chi connectivity index (χ0) is 24.2. The number of ether oxygens (including phenoxy) is 2. The van der Waals surface area contributed by atoms with E-state index in [1.807, 2.05) is 46.8 Å². The Morgan fingerprint density at radius 1 is 1.24 bits per heavy atom. The van der Waals surface area contributed by atoms with Crippen molar-refractivity contribution >= 4 is 12.2 Å². The van der Waals surface area contributed by atoms with Gasteiger partial charge in [0, 0.05) is 17.7 Å². The maximum absolute atomic E-state index is 14.3. The molecule has 1 unspecified atom stereocenters. The maximum Gasteiger partial charge on any atom is 0.311 e. The van der Waals surface area contributed by atoms with E-state index < -0.39 is 23.8 Å². The quantitative estimate of drug-likeness (QED) is 0.277. The Bertz CT molecular complexity index is 1050. The van der Waals surface area contributed by atoms with Gasteiger partial charge in [-0.1, -0.05) is 64.0 Å². The average Bonchev–Trinajstić information content (AvgIpc) is 3.31. The van der Waals surface area contributed by atoms with Crippen molar-refractivity contribution in [3.05, 3.63) is 59.9 Å². The highest BCUT2D eigenvalue weighted by Crippen LogP contribution is 2.58. The fourth-order valence-electron chi connectivity index (χ4n) is 3.48. The molecular weight excluding hydrogens is 423 g/mol. The highest BCUT2D eigenvalue weighted by molar-refractivity contribution is 5.85. The molecule has 1 saturated carbocycles. The van der Waals surface area contributed by atoms with Crippen LogP contribution in [0.4, 0.5) is 4.39 Å². The van der Waals surface area contributed by atoms with Crippen LogP contribution in [-0.2, 0) is 14.4 Å². The predicted octanol–water partition coefficient (Wildman–Crippen LogP) is 6.05. The average molecular weight is 453 g/mol. The first kappa shape index (κ1) is 24.2. The highest BCUT2D eigenvalue weighted by atomic mass is 19.1. The Morgan fingerprint density at radius 2 is 1.94 bits per heavy atom. The van der Waals surface area contributed by atoms with Crippen LogP contribution in [0.2, 0.25) is 0 Å². The molecule has 2 aromatic carbocycles. The van der Waals surface area contributed by atoms with Gasteiger partial charge in [-0.3, -0.25) is 4.79 Å². The lowest BCUT2D eigenvalue weighted by Gasteiger charge is -2.15. The largest absolute Gasteiger partial charge is 0.454 e. The molecule has 0 bridgehead atoms. The molecule has 0 saturated heterocycles. The summed E-state index contributed by atoms with van der Waals surface area (Å²) < 4.78 is 25.3. The van der Waals surface area contributed by atoms with E-state index in [2.05, 4.69) is 5.16 Å². The lowest BCUT2D eigenvalue weighted by Crippen LogP contribution is -2.15. The molecular formula is C26H29FN2O4. The Balaban J connectivity index is 1.67. The summed E-state index contributed by atoms with van der Waals surface area (Å²) in [5.41, 5.74) is -0.0568. The number of nitrogens with zero attached hydrogens (tertiary/aromatic N) is 2. The van der Waals surface area contributed by atoms with Gasteiger partial charge in [-0.2, -0.15) is 5.26 Å². The number of halogens is 1. The van der Waals surface area contributed by atoms with Crippen LogP contribution in [0.3, 0.4) is 0 Å². The van der Waals surface area contributed by atoms with E-state index in [9.17, 15) is 14.4 Å². The minimum absolute atomic E-state index is 0.0208. The molecule has 1 aliphatic rings. The van der Waals surface area contributed by atoms with Crippen LogP contribution < -0.4 is 4.74 Å². The Hall–Kier alpha value is -3.40. The first-order valence-electron chi connectivity index (χ1n) is 10.8. The number of oxime groups is 1. The van der Waals surface area contributed by atoms with Crippen LogP contribution in [0.1, 0.15) is 46.3 Å². The Morgan fingerprint density at radius 3 is 2.58 bits per heavy atom. The zero-order valence-electron chi connectivity index (χ0n) is 19.5. The summed E-state index contributed by atoms with van der Waals surface area (Å²) in [4.78, 5) is 18.2. The molecule has 7 heteroatoms. The highest BCUT2D eigenvalue weighted by Gasteiger charge is 2.62. The number of nitriles is 1. The zero-order valence-corrected chi connectivity index (χ0v) is 19.5. The summed E-state index contributed by atoms with van der Waals surface area (Å²) in [6.45, 7) is 10.4. The molecule has 0 heterocycles. The van der Waals surface area contributed by atoms with Gasteiger partial charge in [0.25, 0.3) is 0 Å². The monoisotopic (exact) mass is 452 g/mol. The molecule has 1 aliphatic carbocycles. The van der Waals surface area contributed by atoms with Gasteiger partial charge in [0.15, 0.2) is 11.6 Å². The molecule has 6 nitrogen and oxygen atoms in total. The molecule has 0 radical (unpaired) electrons. The van der Waals surface area contributed by atoms with Crippen LogP contribution in [0, 0.1) is 39.8 Å². The van der Waals surface area contributed by atoms with E-state index in [0.29, 0.717) is 17.9 Å². The number of rotatable bonds is 8. The Kier molecular flexibility index (Phi) is 7.06. The maximum atomic E-state index is 14.3. The van der Waals surface area contributed by atoms with Crippen molar-refractivity contribution < 1.29 is 23.5 Å². The second-order valence-corrected chi connectivity index (χ2v) is 9.96. The smallest absolute Gasteiger partial charge is 0.311 e. The molecule has 0 amide bonds. The first-order chi connectivity index (χ1) is 15.5. The summed E-state index contributed by atoms with van der Waals surface area (Å²) >= 11 is 0. The second-order valence-electron chi connectivity index (χ2n) is 9.96. The number of esters is 1. The Labute approximate surface area is 194 Å². The van der Waals surface area contributed by atoms with E-state index in [1.54, 1.807) is 30.5 Å². The van der Waals surface area contributed by atoms with Crippen LogP contribution in [0.5, 0.6) is 11.5 Å². The van der Waals surface area contributed by atoms with Crippen molar-refractivity contribution in [2.24, 2.45) is 27.8 Å². The topological polar surface area (TPSA) is 80.9 Å². The molecule has 3 rings (SSSR count). The van der Waals surface area contributed by atoms with E-state index in [1.165, 1.54) is 18.2 Å². The van der Waals surface area contributed by atoms with E-state index in [-0.39, 0.29) is 22.5 Å². The minimum Gasteiger partial charge on any atom is -0.454 e. The standard InChI is InChI=1S/C26H29FN2O4/c1-25(2,3)16-31-29-15-19-23(26(19,4)5)24(30)33-22(14-28)17-11-12-20(27)21(13-17)32-18-9-7-6-8-10-18/h6-13,15,19,22-23H,16H2,1-5H3/t19-,22?,23-/m1/s1. The van der Waals surface area contributed by atoms with Crippen molar-refractivity contribution in [2.75, 3.05) is 6.61 Å². The van der Waals surface area contributed by atoms with Gasteiger partial charge < -0.3 is 14.3 Å². The first-order valence-corrected chi connectivity index (χ1v) is 10.8. The third-order valence-corrected chi connectivity index (χ3v) is 5.54. The van der Waals surface area contributed by atoms with Crippen molar-refractivity contribution in [2.45, 2.75) is 40.7 Å². The second kappa shape index (κ2) is 9.62. The molecule has 1 fully saturated rings. The molecule has 33 heavy (non-hydrogen) atoms. The van der Waals surface area contributed by atoms with Gasteiger partial charge >= 0.3 is 5.97 Å². The van der Waals surface area contributed by atoms with Gasteiger partial charge in [-0.25, -0.2) is 4.39 Å². The minimum atomic E-state index is -1.19. The number of hydrogen-bond donors (Lipinski definition) is 0. The summed E-state index contributed by atoms with van der Waals surface area (Å²) in [7, 11) is 0. The number of carbonyl (C=O) groups excluding carboxylic acids is 1. The van der Waals surface area contributed by atoms with Gasteiger partial charge in [-0.15, -0.1) is 0 Å². The van der Waals surface area contributed by atoms with E-state index in [4.69, 9.17) is 14.3 Å². The molecule has 3 atom stereocenters. The summed E-state index contributed by atoms with van der Waals surface area (Å²) in [6, 6.07) is 14.7. The SMILES string of the molecule is CC(C)(C)CON=C[C@@H]1[C@H](C(=O)OC(C#N)c2ccc(F)c(Oc3ccccc3)c2)C1(C)C. The van der Waals surface area contributed by atoms with Crippen molar-refractivity contribution in [3.63, 3.8) is 0 Å². The van der Waals surface area contributed by atoms with E-state index >= 15 is 0 Å². The van der Waals surface area contributed by atoms with Crippen LogP contribution in [0.15, 0.2) is 53.7 Å². The molecule has 0 N–H and O–H groups in total. The van der Waals surface area contributed by atoms with Crippen molar-refractivity contribution in [1.82, 2.24) is 0 Å². The van der Waals surface area contributed by atoms with Crippen molar-refractivity contribution in [1.29, 1.82) is 5.26 Å². The van der Waals surface area contributed by atoms with Crippen LogP contribution >= 0.6 is 0 Å². The fraction of sp³-hybridized carbons (Fsp3) is 0.423. The van der Waals surface area contributed by atoms with Gasteiger partial charge in [0.05, 0.1) is 5.92 Å². The van der Waals surface area contributed by atoms with Gasteiger partial charge in [0.2, 0.25) is 6.10 Å². The third kappa shape index (κ3) is 6.10. The summed E-state index contributed by atoms with van der Waals surface area (Å²) in [6.07, 6.45) is 0.435. The predicted molar refractivity (Wildman–Crippen MR) is 122 cm³/mol. The lowest BCUT2D eigenvalue weighted by molar-refractivity contribution is -0.149. The summed E-state index contributed by atoms with van der Waals surface area (Å²) in [5.74, 6) is -1.29. The number of hydrogen-bond acceptors (Lipinski definition) is 6. The van der Waals surface area contributed by atoms with Crippen molar-refractivity contribution in [3.8, 4) is 17.6 Å². The number of benzene rings is 2. The molecule has 2 aromatic rings. The van der Waals surface area contributed by atoms with E-state index in [0.717, 1.165) is 0 Å². The normalized spacial score (nSPS) is 20.0. The number of carbonyl (C=O) groups is 1.